The van der Waals surface area contributed by atoms with Gasteiger partial charge in [-0.3, -0.25) is 9.80 Å². The summed E-state index contributed by atoms with van der Waals surface area (Å²) in [5.41, 5.74) is 2.10. The summed E-state index contributed by atoms with van der Waals surface area (Å²) in [5.74, 6) is 0.864. The Hall–Kier alpha value is -2.55. The maximum absolute atomic E-state index is 13.2. The molecule has 36 heavy (non-hydrogen) atoms. The van der Waals surface area contributed by atoms with Crippen LogP contribution < -0.4 is 14.4 Å². The van der Waals surface area contributed by atoms with Crippen LogP contribution in [0.4, 0.5) is 15.3 Å². The van der Waals surface area contributed by atoms with Crippen LogP contribution in [0.1, 0.15) is 37.4 Å². The normalized spacial score (nSPS) is 17.1. The third-order valence-corrected chi connectivity index (χ3v) is 6.11. The van der Waals surface area contributed by atoms with E-state index in [4.69, 9.17) is 53.8 Å². The van der Waals surface area contributed by atoms with Gasteiger partial charge in [-0.05, 0) is 31.9 Å². The maximum atomic E-state index is 13.2. The summed E-state index contributed by atoms with van der Waals surface area (Å²) in [5, 5.41) is 0. The number of hydrogen-bond donors (Lipinski definition) is 0. The lowest BCUT2D eigenvalue weighted by Crippen LogP contribution is -2.48. The van der Waals surface area contributed by atoms with Gasteiger partial charge in [0, 0.05) is 24.2 Å². The first-order valence-corrected chi connectivity index (χ1v) is 12.5. The topological polar surface area (TPSA) is 77.5 Å². The number of alkyl halides is 3. The van der Waals surface area contributed by atoms with Crippen molar-refractivity contribution in [2.24, 2.45) is 0 Å². The largest absolute Gasteiger partial charge is 0.493 e. The van der Waals surface area contributed by atoms with Gasteiger partial charge in [-0.2, -0.15) is 0 Å². The van der Waals surface area contributed by atoms with Gasteiger partial charge in [-0.25, -0.2) is 9.59 Å². The van der Waals surface area contributed by atoms with Crippen molar-refractivity contribution < 1.29 is 28.5 Å². The van der Waals surface area contributed by atoms with E-state index in [2.05, 4.69) is 0 Å². The fourth-order valence-corrected chi connectivity index (χ4v) is 4.39. The highest BCUT2D eigenvalue weighted by Gasteiger charge is 2.41. The molecule has 0 fully saturated rings. The van der Waals surface area contributed by atoms with E-state index in [1.165, 1.54) is 19.1 Å². The van der Waals surface area contributed by atoms with Crippen LogP contribution in [0.2, 0.25) is 0 Å². The second-order valence-electron chi connectivity index (χ2n) is 8.22. The standard InChI is InChI=1S/C25H29Cl3N2O6/c1-5-35-23(31)29(14-17-9-7-6-8-10-17)19-11-16(2)30(24(32)36-15-25(26,27)28)20-13-22(34-4)21(33-3)12-18(19)20/h6-10,12-13,16,19H,5,11,14-15H2,1-4H3/t16-,19+/m0/s1. The predicted molar refractivity (Wildman–Crippen MR) is 139 cm³/mol. The summed E-state index contributed by atoms with van der Waals surface area (Å²) in [6.07, 6.45) is -0.755. The van der Waals surface area contributed by atoms with Gasteiger partial charge in [0.15, 0.2) is 11.5 Å². The predicted octanol–water partition coefficient (Wildman–Crippen LogP) is 6.51. The molecule has 0 bridgehead atoms. The number of amides is 2. The first-order valence-electron chi connectivity index (χ1n) is 11.4. The Morgan fingerprint density at radius 2 is 1.69 bits per heavy atom. The number of ether oxygens (including phenoxy) is 4. The number of carbonyl (C=O) groups excluding carboxylic acids is 2. The SMILES string of the molecule is CCOC(=O)N(Cc1ccccc1)[C@@H]1C[C@H](C)N(C(=O)OCC(Cl)(Cl)Cl)c2cc(OC)c(OC)cc21. The molecule has 11 heteroatoms. The van der Waals surface area contributed by atoms with Gasteiger partial charge in [0.2, 0.25) is 3.79 Å². The quantitative estimate of drug-likeness (QED) is 0.360. The molecule has 0 spiro atoms. The summed E-state index contributed by atoms with van der Waals surface area (Å²) in [4.78, 5) is 29.4. The second kappa shape index (κ2) is 12.1. The molecule has 1 aliphatic rings. The Labute approximate surface area is 225 Å². The number of benzene rings is 2. The Bertz CT molecular complexity index is 1060. The molecular weight excluding hydrogens is 531 g/mol. The van der Waals surface area contributed by atoms with Gasteiger partial charge in [0.05, 0.1) is 32.6 Å². The number of carbonyl (C=O) groups is 2. The van der Waals surface area contributed by atoms with Gasteiger partial charge in [-0.1, -0.05) is 65.1 Å². The van der Waals surface area contributed by atoms with Crippen molar-refractivity contribution in [2.75, 3.05) is 32.3 Å². The molecule has 0 unspecified atom stereocenters. The van der Waals surface area contributed by atoms with Crippen molar-refractivity contribution in [1.82, 2.24) is 4.90 Å². The van der Waals surface area contributed by atoms with E-state index in [0.29, 0.717) is 35.7 Å². The van der Waals surface area contributed by atoms with Crippen LogP contribution in [0.5, 0.6) is 11.5 Å². The average Bonchev–Trinajstić information content (AvgIpc) is 2.85. The van der Waals surface area contributed by atoms with Crippen LogP contribution in [-0.4, -0.2) is 54.4 Å². The molecule has 2 atom stereocenters. The summed E-state index contributed by atoms with van der Waals surface area (Å²) in [7, 11) is 3.02. The molecule has 0 N–H and O–H groups in total. The van der Waals surface area contributed by atoms with Crippen molar-refractivity contribution in [3.63, 3.8) is 0 Å². The molecule has 0 saturated heterocycles. The van der Waals surface area contributed by atoms with Gasteiger partial charge >= 0.3 is 12.2 Å². The fraction of sp³-hybridized carbons (Fsp3) is 0.440. The van der Waals surface area contributed by atoms with Gasteiger partial charge in [0.25, 0.3) is 0 Å². The minimum absolute atomic E-state index is 0.223. The first kappa shape index (κ1) is 28.0. The monoisotopic (exact) mass is 558 g/mol. The number of halogens is 3. The van der Waals surface area contributed by atoms with Crippen molar-refractivity contribution in [1.29, 1.82) is 0 Å². The minimum atomic E-state index is -1.76. The van der Waals surface area contributed by atoms with Crippen molar-refractivity contribution in [3.05, 3.63) is 53.6 Å². The number of rotatable bonds is 7. The van der Waals surface area contributed by atoms with Crippen molar-refractivity contribution >= 4 is 52.7 Å². The van der Waals surface area contributed by atoms with Crippen LogP contribution >= 0.6 is 34.8 Å². The van der Waals surface area contributed by atoms with E-state index < -0.39 is 28.6 Å². The zero-order chi connectivity index (χ0) is 26.5. The van der Waals surface area contributed by atoms with E-state index in [9.17, 15) is 9.59 Å². The summed E-state index contributed by atoms with van der Waals surface area (Å²) in [6, 6.07) is 12.2. The molecule has 2 amide bonds. The number of methoxy groups -OCH3 is 2. The molecule has 1 aliphatic heterocycles. The lowest BCUT2D eigenvalue weighted by molar-refractivity contribution is 0.0808. The summed E-state index contributed by atoms with van der Waals surface area (Å²) >= 11 is 17.4. The van der Waals surface area contributed by atoms with Gasteiger partial charge in [-0.15, -0.1) is 0 Å². The van der Waals surface area contributed by atoms with Crippen LogP contribution in [0, 0.1) is 0 Å². The van der Waals surface area contributed by atoms with Crippen LogP contribution in [0.15, 0.2) is 42.5 Å². The molecule has 196 valence electrons. The smallest absolute Gasteiger partial charge is 0.414 e. The lowest BCUT2D eigenvalue weighted by atomic mass is 9.90. The number of nitrogens with zero attached hydrogens (tertiary/aromatic N) is 2. The highest BCUT2D eigenvalue weighted by molar-refractivity contribution is 6.67. The fourth-order valence-electron chi connectivity index (χ4n) is 4.23. The number of fused-ring (bicyclic) bond motifs is 1. The zero-order valence-electron chi connectivity index (χ0n) is 20.5. The molecule has 2 aromatic rings. The summed E-state index contributed by atoms with van der Waals surface area (Å²) < 4.78 is 20.0. The molecule has 0 radical (unpaired) electrons. The Morgan fingerprint density at radius 1 is 1.06 bits per heavy atom. The third-order valence-electron chi connectivity index (χ3n) is 5.79. The van der Waals surface area contributed by atoms with Gasteiger partial charge in [0.1, 0.15) is 6.61 Å². The van der Waals surface area contributed by atoms with Crippen LogP contribution in [-0.2, 0) is 16.0 Å². The molecule has 8 nitrogen and oxygen atoms in total. The minimum Gasteiger partial charge on any atom is -0.493 e. The van der Waals surface area contributed by atoms with Crippen LogP contribution in [0.3, 0.4) is 0 Å². The Kier molecular flexibility index (Phi) is 9.44. The average molecular weight is 560 g/mol. The molecular formula is C25H29Cl3N2O6. The van der Waals surface area contributed by atoms with Crippen molar-refractivity contribution in [2.45, 2.75) is 42.7 Å². The Morgan fingerprint density at radius 3 is 2.28 bits per heavy atom. The molecule has 2 aromatic carbocycles. The van der Waals surface area contributed by atoms with E-state index in [1.54, 1.807) is 24.0 Å². The summed E-state index contributed by atoms with van der Waals surface area (Å²) in [6.45, 7) is 3.72. The highest BCUT2D eigenvalue weighted by Crippen LogP contribution is 2.46. The van der Waals surface area contributed by atoms with E-state index >= 15 is 0 Å². The van der Waals surface area contributed by atoms with E-state index in [0.717, 1.165) is 5.56 Å². The third kappa shape index (κ3) is 6.60. The second-order valence-corrected chi connectivity index (χ2v) is 10.7. The zero-order valence-corrected chi connectivity index (χ0v) is 22.8. The van der Waals surface area contributed by atoms with E-state index in [-0.39, 0.29) is 12.6 Å². The molecule has 3 rings (SSSR count). The van der Waals surface area contributed by atoms with Crippen molar-refractivity contribution in [3.8, 4) is 11.5 Å². The number of anilines is 1. The molecule has 1 heterocycles. The molecule has 0 aliphatic carbocycles. The number of hydrogen-bond acceptors (Lipinski definition) is 6. The maximum Gasteiger partial charge on any atom is 0.414 e. The molecule has 0 saturated carbocycles. The highest BCUT2D eigenvalue weighted by atomic mass is 35.6. The Balaban J connectivity index is 2.10. The van der Waals surface area contributed by atoms with Gasteiger partial charge < -0.3 is 18.9 Å². The lowest BCUT2D eigenvalue weighted by Gasteiger charge is -2.43. The molecule has 0 aromatic heterocycles. The van der Waals surface area contributed by atoms with Crippen LogP contribution in [0.25, 0.3) is 0 Å². The first-order chi connectivity index (χ1) is 17.1. The van der Waals surface area contributed by atoms with E-state index in [1.807, 2.05) is 37.3 Å².